The van der Waals surface area contributed by atoms with Gasteiger partial charge in [-0.05, 0) is 24.1 Å². The van der Waals surface area contributed by atoms with Gasteiger partial charge in [0.2, 0.25) is 0 Å². The SMILES string of the molecule is O=C(O)C(CC(O)C(F)(F)F)c1ccc(Cl)cc1. The normalized spacial score (nSPS) is 15.2. The number of aliphatic hydroxyl groups excluding tert-OH is 1. The molecule has 100 valence electrons. The lowest BCUT2D eigenvalue weighted by Gasteiger charge is -2.19. The molecule has 0 fully saturated rings. The molecule has 2 unspecified atom stereocenters. The van der Waals surface area contributed by atoms with E-state index in [1.165, 1.54) is 24.3 Å². The number of alkyl halides is 3. The summed E-state index contributed by atoms with van der Waals surface area (Å²) in [5, 5.41) is 18.2. The lowest BCUT2D eigenvalue weighted by Crippen LogP contribution is -2.32. The Balaban J connectivity index is 2.91. The van der Waals surface area contributed by atoms with Gasteiger partial charge in [0.25, 0.3) is 0 Å². The standard InChI is InChI=1S/C11H10ClF3O3/c12-7-3-1-6(2-4-7)8(10(17)18)5-9(16)11(13,14)15/h1-4,8-9,16H,5H2,(H,17,18). The van der Waals surface area contributed by atoms with Gasteiger partial charge in [-0.1, -0.05) is 23.7 Å². The molecule has 2 N–H and O–H groups in total. The number of rotatable bonds is 4. The fourth-order valence-corrected chi connectivity index (χ4v) is 1.56. The first-order chi connectivity index (χ1) is 8.21. The molecule has 1 aromatic rings. The third kappa shape index (κ3) is 3.89. The molecule has 0 aliphatic heterocycles. The van der Waals surface area contributed by atoms with Crippen LogP contribution >= 0.6 is 11.6 Å². The minimum absolute atomic E-state index is 0.162. The van der Waals surface area contributed by atoms with Crippen LogP contribution in [0.4, 0.5) is 13.2 Å². The highest BCUT2D eigenvalue weighted by Crippen LogP contribution is 2.30. The highest BCUT2D eigenvalue weighted by Gasteiger charge is 2.41. The van der Waals surface area contributed by atoms with Crippen LogP contribution in [0.2, 0.25) is 5.02 Å². The molecule has 0 saturated heterocycles. The Hall–Kier alpha value is -1.27. The van der Waals surface area contributed by atoms with Crippen molar-refractivity contribution in [2.45, 2.75) is 24.6 Å². The molecule has 0 spiro atoms. The van der Waals surface area contributed by atoms with E-state index < -0.39 is 30.6 Å². The number of carboxylic acid groups (broad SMARTS) is 1. The number of carboxylic acids is 1. The molecule has 0 amide bonds. The second-order valence-corrected chi connectivity index (χ2v) is 4.17. The monoisotopic (exact) mass is 282 g/mol. The average molecular weight is 283 g/mol. The van der Waals surface area contributed by atoms with E-state index in [4.69, 9.17) is 21.8 Å². The average Bonchev–Trinajstić information content (AvgIpc) is 2.25. The first-order valence-electron chi connectivity index (χ1n) is 4.95. The molecule has 1 aromatic carbocycles. The van der Waals surface area contributed by atoms with Gasteiger partial charge < -0.3 is 10.2 Å². The van der Waals surface area contributed by atoms with Crippen molar-refractivity contribution in [2.24, 2.45) is 0 Å². The van der Waals surface area contributed by atoms with Crippen LogP contribution in [0.5, 0.6) is 0 Å². The number of hydrogen-bond donors (Lipinski definition) is 2. The maximum Gasteiger partial charge on any atom is 0.414 e. The van der Waals surface area contributed by atoms with Crippen LogP contribution in [0, 0.1) is 0 Å². The minimum atomic E-state index is -4.83. The van der Waals surface area contributed by atoms with E-state index in [2.05, 4.69) is 0 Å². The summed E-state index contributed by atoms with van der Waals surface area (Å²) in [5.41, 5.74) is 0.162. The van der Waals surface area contributed by atoms with Crippen molar-refractivity contribution < 1.29 is 28.2 Å². The van der Waals surface area contributed by atoms with Crippen molar-refractivity contribution >= 4 is 17.6 Å². The summed E-state index contributed by atoms with van der Waals surface area (Å²) >= 11 is 5.60. The zero-order chi connectivity index (χ0) is 13.9. The smallest absolute Gasteiger partial charge is 0.414 e. The van der Waals surface area contributed by atoms with Crippen LogP contribution in [0.25, 0.3) is 0 Å². The second-order valence-electron chi connectivity index (χ2n) is 3.74. The Morgan fingerprint density at radius 3 is 2.17 bits per heavy atom. The van der Waals surface area contributed by atoms with Crippen LogP contribution in [-0.4, -0.2) is 28.5 Å². The van der Waals surface area contributed by atoms with Gasteiger partial charge in [-0.2, -0.15) is 13.2 Å². The molecule has 0 heterocycles. The molecular formula is C11H10ClF3O3. The van der Waals surface area contributed by atoms with E-state index in [0.717, 1.165) is 0 Å². The van der Waals surface area contributed by atoms with Gasteiger partial charge in [0.1, 0.15) is 0 Å². The fourth-order valence-electron chi connectivity index (χ4n) is 1.43. The van der Waals surface area contributed by atoms with Crippen molar-refractivity contribution in [2.75, 3.05) is 0 Å². The molecule has 0 aliphatic carbocycles. The Morgan fingerprint density at radius 2 is 1.78 bits per heavy atom. The summed E-state index contributed by atoms with van der Waals surface area (Å²) in [7, 11) is 0. The Labute approximate surface area is 106 Å². The van der Waals surface area contributed by atoms with Crippen molar-refractivity contribution in [3.63, 3.8) is 0 Å². The quantitative estimate of drug-likeness (QED) is 0.893. The predicted octanol–water partition coefficient (Wildman–Crippen LogP) is 2.82. The number of aliphatic carboxylic acids is 1. The third-order valence-electron chi connectivity index (χ3n) is 2.41. The molecule has 1 rings (SSSR count). The lowest BCUT2D eigenvalue weighted by molar-refractivity contribution is -0.207. The number of benzene rings is 1. The molecular weight excluding hydrogens is 273 g/mol. The van der Waals surface area contributed by atoms with Gasteiger partial charge in [0.15, 0.2) is 6.10 Å². The largest absolute Gasteiger partial charge is 0.481 e. The third-order valence-corrected chi connectivity index (χ3v) is 2.66. The minimum Gasteiger partial charge on any atom is -0.481 e. The summed E-state index contributed by atoms with van der Waals surface area (Å²) in [6.07, 6.45) is -8.44. The molecule has 0 radical (unpaired) electrons. The first-order valence-corrected chi connectivity index (χ1v) is 5.32. The molecule has 0 saturated carbocycles. The van der Waals surface area contributed by atoms with Crippen LogP contribution in [0.15, 0.2) is 24.3 Å². The van der Waals surface area contributed by atoms with Crippen molar-refractivity contribution in [1.82, 2.24) is 0 Å². The predicted molar refractivity (Wildman–Crippen MR) is 58.5 cm³/mol. The van der Waals surface area contributed by atoms with Gasteiger partial charge in [-0.15, -0.1) is 0 Å². The van der Waals surface area contributed by atoms with E-state index in [1.54, 1.807) is 0 Å². The van der Waals surface area contributed by atoms with Crippen LogP contribution < -0.4 is 0 Å². The summed E-state index contributed by atoms with van der Waals surface area (Å²) in [4.78, 5) is 10.9. The Kier molecular flexibility index (Phi) is 4.59. The topological polar surface area (TPSA) is 57.5 Å². The lowest BCUT2D eigenvalue weighted by atomic mass is 9.93. The zero-order valence-corrected chi connectivity index (χ0v) is 9.74. The molecule has 3 nitrogen and oxygen atoms in total. The molecule has 18 heavy (non-hydrogen) atoms. The van der Waals surface area contributed by atoms with Crippen molar-refractivity contribution in [3.05, 3.63) is 34.9 Å². The van der Waals surface area contributed by atoms with Gasteiger partial charge in [-0.3, -0.25) is 4.79 Å². The number of carbonyl (C=O) groups is 1. The maximum atomic E-state index is 12.2. The maximum absolute atomic E-state index is 12.2. The second kappa shape index (κ2) is 5.58. The van der Waals surface area contributed by atoms with Crippen LogP contribution in [0.3, 0.4) is 0 Å². The van der Waals surface area contributed by atoms with E-state index in [1.807, 2.05) is 0 Å². The summed E-state index contributed by atoms with van der Waals surface area (Å²) in [6.45, 7) is 0. The summed E-state index contributed by atoms with van der Waals surface area (Å²) in [6, 6.07) is 5.41. The Morgan fingerprint density at radius 1 is 1.28 bits per heavy atom. The van der Waals surface area contributed by atoms with Crippen LogP contribution in [0.1, 0.15) is 17.9 Å². The molecule has 2 atom stereocenters. The van der Waals surface area contributed by atoms with E-state index in [-0.39, 0.29) is 5.56 Å². The molecule has 0 aromatic heterocycles. The highest BCUT2D eigenvalue weighted by molar-refractivity contribution is 6.30. The first kappa shape index (κ1) is 14.8. The fraction of sp³-hybridized carbons (Fsp3) is 0.364. The van der Waals surface area contributed by atoms with E-state index in [9.17, 15) is 18.0 Å². The number of halogens is 4. The number of hydrogen-bond acceptors (Lipinski definition) is 2. The van der Waals surface area contributed by atoms with Crippen molar-refractivity contribution in [3.8, 4) is 0 Å². The number of aliphatic hydroxyl groups is 1. The van der Waals surface area contributed by atoms with E-state index in [0.29, 0.717) is 5.02 Å². The highest BCUT2D eigenvalue weighted by atomic mass is 35.5. The molecule has 0 bridgehead atoms. The Bertz CT molecular complexity index is 417. The van der Waals surface area contributed by atoms with E-state index >= 15 is 0 Å². The van der Waals surface area contributed by atoms with Crippen LogP contribution in [-0.2, 0) is 4.79 Å². The molecule has 7 heteroatoms. The molecule has 0 aliphatic rings. The van der Waals surface area contributed by atoms with Gasteiger partial charge in [0.05, 0.1) is 5.92 Å². The van der Waals surface area contributed by atoms with Gasteiger partial charge in [0, 0.05) is 5.02 Å². The van der Waals surface area contributed by atoms with Crippen molar-refractivity contribution in [1.29, 1.82) is 0 Å². The summed E-state index contributed by atoms with van der Waals surface area (Å²) < 4.78 is 36.6. The van der Waals surface area contributed by atoms with Gasteiger partial charge >= 0.3 is 12.1 Å². The summed E-state index contributed by atoms with van der Waals surface area (Å²) in [5.74, 6) is -2.86. The van der Waals surface area contributed by atoms with Gasteiger partial charge in [-0.25, -0.2) is 0 Å². The zero-order valence-electron chi connectivity index (χ0n) is 8.99.